The number of anilines is 1. The highest BCUT2D eigenvalue weighted by Crippen LogP contribution is 2.27. The average Bonchev–Trinajstić information content (AvgIpc) is 2.71. The van der Waals surface area contributed by atoms with Crippen molar-refractivity contribution in [2.24, 2.45) is 0 Å². The molecular weight excluding hydrogens is 210 g/mol. The summed E-state index contributed by atoms with van der Waals surface area (Å²) >= 11 is 0. The van der Waals surface area contributed by atoms with Crippen LogP contribution >= 0.6 is 0 Å². The summed E-state index contributed by atoms with van der Waals surface area (Å²) in [5.41, 5.74) is 2.69. The molecule has 1 aromatic carbocycles. The standard InChI is InChI=1S/C14H19N3/c1-11(2)16-13(9-15)10-17-8-7-12-5-3-4-6-14(12)17/h3-6,11,13,16H,7-8,10H2,1-2H3. The molecule has 0 spiro atoms. The van der Waals surface area contributed by atoms with E-state index in [1.165, 1.54) is 11.3 Å². The van der Waals surface area contributed by atoms with Gasteiger partial charge in [0.05, 0.1) is 6.07 Å². The summed E-state index contributed by atoms with van der Waals surface area (Å²) < 4.78 is 0. The van der Waals surface area contributed by atoms with E-state index in [4.69, 9.17) is 5.26 Å². The van der Waals surface area contributed by atoms with Crippen LogP contribution in [-0.4, -0.2) is 25.2 Å². The molecule has 1 heterocycles. The molecule has 3 heteroatoms. The van der Waals surface area contributed by atoms with Gasteiger partial charge in [0.2, 0.25) is 0 Å². The molecule has 3 nitrogen and oxygen atoms in total. The maximum Gasteiger partial charge on any atom is 0.113 e. The van der Waals surface area contributed by atoms with E-state index in [-0.39, 0.29) is 6.04 Å². The maximum atomic E-state index is 9.14. The van der Waals surface area contributed by atoms with Crippen molar-refractivity contribution in [3.05, 3.63) is 29.8 Å². The second-order valence-electron chi connectivity index (χ2n) is 4.83. The molecule has 90 valence electrons. The minimum atomic E-state index is -0.0962. The summed E-state index contributed by atoms with van der Waals surface area (Å²) in [7, 11) is 0. The Morgan fingerprint density at radius 2 is 2.18 bits per heavy atom. The van der Waals surface area contributed by atoms with Crippen molar-refractivity contribution in [2.45, 2.75) is 32.4 Å². The number of rotatable bonds is 4. The minimum Gasteiger partial charge on any atom is -0.368 e. The van der Waals surface area contributed by atoms with Crippen molar-refractivity contribution in [3.8, 4) is 6.07 Å². The molecule has 1 unspecified atom stereocenters. The van der Waals surface area contributed by atoms with E-state index in [0.29, 0.717) is 6.04 Å². The Kier molecular flexibility index (Phi) is 3.65. The van der Waals surface area contributed by atoms with E-state index in [1.54, 1.807) is 0 Å². The zero-order valence-electron chi connectivity index (χ0n) is 10.5. The van der Waals surface area contributed by atoms with Crippen molar-refractivity contribution in [3.63, 3.8) is 0 Å². The van der Waals surface area contributed by atoms with E-state index in [0.717, 1.165) is 19.5 Å². The van der Waals surface area contributed by atoms with E-state index >= 15 is 0 Å². The number of nitrogens with one attached hydrogen (secondary N) is 1. The predicted octanol–water partition coefficient (Wildman–Crippen LogP) is 1.94. The molecule has 0 amide bonds. The lowest BCUT2D eigenvalue weighted by Gasteiger charge is -2.24. The largest absolute Gasteiger partial charge is 0.368 e. The quantitative estimate of drug-likeness (QED) is 0.857. The Morgan fingerprint density at radius 3 is 2.88 bits per heavy atom. The third kappa shape index (κ3) is 2.78. The predicted molar refractivity (Wildman–Crippen MR) is 70.0 cm³/mol. The molecule has 17 heavy (non-hydrogen) atoms. The monoisotopic (exact) mass is 229 g/mol. The van der Waals surface area contributed by atoms with Gasteiger partial charge in [0.1, 0.15) is 6.04 Å². The van der Waals surface area contributed by atoms with Gasteiger partial charge in [-0.05, 0) is 31.9 Å². The van der Waals surface area contributed by atoms with Gasteiger partial charge in [-0.15, -0.1) is 0 Å². The van der Waals surface area contributed by atoms with E-state index in [9.17, 15) is 0 Å². The lowest BCUT2D eigenvalue weighted by atomic mass is 10.2. The number of nitrogens with zero attached hydrogens (tertiary/aromatic N) is 2. The van der Waals surface area contributed by atoms with Gasteiger partial charge in [0, 0.05) is 24.8 Å². The molecule has 0 radical (unpaired) electrons. The second kappa shape index (κ2) is 5.20. The molecule has 1 aliphatic heterocycles. The average molecular weight is 229 g/mol. The van der Waals surface area contributed by atoms with Crippen LogP contribution < -0.4 is 10.2 Å². The minimum absolute atomic E-state index is 0.0962. The van der Waals surface area contributed by atoms with Gasteiger partial charge in [-0.2, -0.15) is 5.26 Å². The molecule has 2 rings (SSSR count). The van der Waals surface area contributed by atoms with Crippen LogP contribution in [0.2, 0.25) is 0 Å². The first-order valence-corrected chi connectivity index (χ1v) is 6.19. The summed E-state index contributed by atoms with van der Waals surface area (Å²) in [6.07, 6.45) is 1.09. The molecule has 1 aromatic rings. The van der Waals surface area contributed by atoms with Gasteiger partial charge in [-0.1, -0.05) is 18.2 Å². The van der Waals surface area contributed by atoms with E-state index in [1.807, 2.05) is 0 Å². The summed E-state index contributed by atoms with van der Waals surface area (Å²) in [4.78, 5) is 2.30. The van der Waals surface area contributed by atoms with Crippen LogP contribution in [-0.2, 0) is 6.42 Å². The van der Waals surface area contributed by atoms with Crippen molar-refractivity contribution < 1.29 is 0 Å². The molecule has 0 saturated heterocycles. The van der Waals surface area contributed by atoms with Crippen molar-refractivity contribution in [1.82, 2.24) is 5.32 Å². The lowest BCUT2D eigenvalue weighted by Crippen LogP contribution is -2.42. The molecule has 1 N–H and O–H groups in total. The number of para-hydroxylation sites is 1. The first-order valence-electron chi connectivity index (χ1n) is 6.19. The van der Waals surface area contributed by atoms with Crippen LogP contribution in [0.5, 0.6) is 0 Å². The zero-order valence-corrected chi connectivity index (χ0v) is 10.5. The molecule has 0 saturated carbocycles. The van der Waals surface area contributed by atoms with Gasteiger partial charge in [-0.25, -0.2) is 0 Å². The van der Waals surface area contributed by atoms with Crippen LogP contribution in [0.25, 0.3) is 0 Å². The fourth-order valence-electron chi connectivity index (χ4n) is 2.35. The van der Waals surface area contributed by atoms with Crippen LogP contribution in [0.3, 0.4) is 0 Å². The summed E-state index contributed by atoms with van der Waals surface area (Å²) in [5.74, 6) is 0. The van der Waals surface area contributed by atoms with Gasteiger partial charge in [-0.3, -0.25) is 5.32 Å². The first kappa shape index (κ1) is 11.9. The zero-order chi connectivity index (χ0) is 12.3. The SMILES string of the molecule is CC(C)NC(C#N)CN1CCc2ccccc21. The fraction of sp³-hybridized carbons (Fsp3) is 0.500. The van der Waals surface area contributed by atoms with Gasteiger partial charge >= 0.3 is 0 Å². The van der Waals surface area contributed by atoms with Crippen molar-refractivity contribution >= 4 is 5.69 Å². The molecular formula is C14H19N3. The maximum absolute atomic E-state index is 9.14. The first-order chi connectivity index (χ1) is 8.20. The molecule has 0 bridgehead atoms. The lowest BCUT2D eigenvalue weighted by molar-refractivity contribution is 0.524. The fourth-order valence-corrected chi connectivity index (χ4v) is 2.35. The molecule has 1 aliphatic rings. The Hall–Kier alpha value is -1.53. The summed E-state index contributed by atoms with van der Waals surface area (Å²) in [5, 5.41) is 12.4. The molecule has 1 atom stereocenters. The molecule has 0 fully saturated rings. The Bertz CT molecular complexity index is 420. The Labute approximate surface area is 103 Å². The number of hydrogen-bond donors (Lipinski definition) is 1. The van der Waals surface area contributed by atoms with Gasteiger partial charge in [0.25, 0.3) is 0 Å². The topological polar surface area (TPSA) is 39.1 Å². The molecule has 0 aliphatic carbocycles. The highest BCUT2D eigenvalue weighted by molar-refractivity contribution is 5.58. The summed E-state index contributed by atoms with van der Waals surface area (Å²) in [6.45, 7) is 5.94. The van der Waals surface area contributed by atoms with E-state index in [2.05, 4.69) is 54.4 Å². The van der Waals surface area contributed by atoms with Gasteiger partial charge in [0.15, 0.2) is 0 Å². The van der Waals surface area contributed by atoms with Gasteiger partial charge < -0.3 is 4.90 Å². The van der Waals surface area contributed by atoms with Crippen LogP contribution in [0.15, 0.2) is 24.3 Å². The highest BCUT2D eigenvalue weighted by Gasteiger charge is 2.21. The Morgan fingerprint density at radius 1 is 1.41 bits per heavy atom. The van der Waals surface area contributed by atoms with Crippen LogP contribution in [0.4, 0.5) is 5.69 Å². The van der Waals surface area contributed by atoms with E-state index < -0.39 is 0 Å². The Balaban J connectivity index is 2.04. The number of hydrogen-bond acceptors (Lipinski definition) is 3. The second-order valence-corrected chi connectivity index (χ2v) is 4.83. The normalized spacial score (nSPS) is 15.8. The van der Waals surface area contributed by atoms with Crippen molar-refractivity contribution in [2.75, 3.05) is 18.0 Å². The number of nitriles is 1. The number of benzene rings is 1. The summed E-state index contributed by atoms with van der Waals surface area (Å²) in [6, 6.07) is 11.0. The number of fused-ring (bicyclic) bond motifs is 1. The van der Waals surface area contributed by atoms with Crippen LogP contribution in [0, 0.1) is 11.3 Å². The third-order valence-electron chi connectivity index (χ3n) is 3.08. The molecule has 0 aromatic heterocycles. The smallest absolute Gasteiger partial charge is 0.113 e. The van der Waals surface area contributed by atoms with Crippen molar-refractivity contribution in [1.29, 1.82) is 5.26 Å². The highest BCUT2D eigenvalue weighted by atomic mass is 15.2. The van der Waals surface area contributed by atoms with Crippen LogP contribution in [0.1, 0.15) is 19.4 Å². The third-order valence-corrected chi connectivity index (χ3v) is 3.08.